The molecule has 0 bridgehead atoms. The van der Waals surface area contributed by atoms with E-state index in [1.54, 1.807) is 30.4 Å². The molecule has 0 aliphatic heterocycles. The van der Waals surface area contributed by atoms with Crippen molar-refractivity contribution in [1.82, 2.24) is 0 Å². The van der Waals surface area contributed by atoms with Gasteiger partial charge < -0.3 is 15.2 Å². The van der Waals surface area contributed by atoms with E-state index in [-0.39, 0.29) is 0 Å². The lowest BCUT2D eigenvalue weighted by Gasteiger charge is -2.09. The second-order valence-electron chi connectivity index (χ2n) is 2.90. The molecule has 3 nitrogen and oxygen atoms in total. The molecule has 1 aromatic rings. The highest BCUT2D eigenvalue weighted by Gasteiger charge is 2.01. The first-order valence-electron chi connectivity index (χ1n) is 4.65. The number of hydrogen-bond acceptors (Lipinski definition) is 3. The highest BCUT2D eigenvalue weighted by Crippen LogP contribution is 2.26. The zero-order valence-corrected chi connectivity index (χ0v) is 8.61. The fourth-order valence-corrected chi connectivity index (χ4v) is 1.05. The van der Waals surface area contributed by atoms with Gasteiger partial charge in [0.2, 0.25) is 0 Å². The van der Waals surface area contributed by atoms with Crippen molar-refractivity contribution >= 4 is 5.69 Å². The molecule has 15 heavy (non-hydrogen) atoms. The number of hydrogen-bond donors (Lipinski definition) is 1. The van der Waals surface area contributed by atoms with Gasteiger partial charge >= 0.3 is 0 Å². The van der Waals surface area contributed by atoms with Gasteiger partial charge in [0.1, 0.15) is 24.7 Å². The van der Waals surface area contributed by atoms with Crippen molar-refractivity contribution < 1.29 is 9.47 Å². The number of anilines is 1. The van der Waals surface area contributed by atoms with Crippen LogP contribution < -0.4 is 15.2 Å². The molecule has 0 saturated heterocycles. The molecule has 80 valence electrons. The number of rotatable bonds is 6. The molecule has 0 saturated carbocycles. The van der Waals surface area contributed by atoms with Crippen LogP contribution in [0, 0.1) is 0 Å². The van der Waals surface area contributed by atoms with Crippen LogP contribution in [0.2, 0.25) is 0 Å². The van der Waals surface area contributed by atoms with Crippen LogP contribution in [-0.4, -0.2) is 13.2 Å². The molecule has 0 atom stereocenters. The van der Waals surface area contributed by atoms with Crippen molar-refractivity contribution in [3.63, 3.8) is 0 Å². The summed E-state index contributed by atoms with van der Waals surface area (Å²) in [6.45, 7) is 8.03. The predicted molar refractivity (Wildman–Crippen MR) is 62.2 cm³/mol. The molecule has 1 aromatic carbocycles. The van der Waals surface area contributed by atoms with E-state index in [1.807, 2.05) is 0 Å². The van der Waals surface area contributed by atoms with Crippen molar-refractivity contribution in [1.29, 1.82) is 0 Å². The summed E-state index contributed by atoms with van der Waals surface area (Å²) in [6, 6.07) is 5.30. The molecule has 3 heteroatoms. The van der Waals surface area contributed by atoms with Gasteiger partial charge in [-0.25, -0.2) is 0 Å². The second-order valence-corrected chi connectivity index (χ2v) is 2.90. The second kappa shape index (κ2) is 5.75. The summed E-state index contributed by atoms with van der Waals surface area (Å²) in [5.41, 5.74) is 6.32. The Bertz CT molecular complexity index is 347. The molecule has 0 spiro atoms. The lowest BCUT2D eigenvalue weighted by molar-refractivity contribution is 0.354. The lowest BCUT2D eigenvalue weighted by atomic mass is 10.3. The number of nitrogens with two attached hydrogens (primary N) is 1. The summed E-state index contributed by atoms with van der Waals surface area (Å²) in [6.07, 6.45) is 3.35. The minimum absolute atomic E-state index is 0.442. The van der Waals surface area contributed by atoms with Gasteiger partial charge in [-0.3, -0.25) is 0 Å². The Hall–Kier alpha value is -1.90. The molecule has 0 amide bonds. The third kappa shape index (κ3) is 3.38. The molecule has 0 radical (unpaired) electrons. The van der Waals surface area contributed by atoms with E-state index in [0.717, 1.165) is 0 Å². The van der Waals surface area contributed by atoms with Crippen LogP contribution in [0.3, 0.4) is 0 Å². The summed E-state index contributed by atoms with van der Waals surface area (Å²) in [4.78, 5) is 0. The maximum absolute atomic E-state index is 5.77. The van der Waals surface area contributed by atoms with E-state index in [1.165, 1.54) is 0 Å². The first-order chi connectivity index (χ1) is 7.27. The smallest absolute Gasteiger partial charge is 0.142 e. The summed E-state index contributed by atoms with van der Waals surface area (Å²) in [7, 11) is 0. The first-order valence-corrected chi connectivity index (χ1v) is 4.65. The third-order valence-electron chi connectivity index (χ3n) is 1.71. The Morgan fingerprint density at radius 1 is 1.13 bits per heavy atom. The lowest BCUT2D eigenvalue weighted by Crippen LogP contribution is -1.99. The molecule has 0 aromatic heterocycles. The van der Waals surface area contributed by atoms with Gasteiger partial charge in [-0.05, 0) is 12.1 Å². The Kier molecular flexibility index (Phi) is 4.29. The Morgan fingerprint density at radius 3 is 2.40 bits per heavy atom. The van der Waals surface area contributed by atoms with E-state index in [9.17, 15) is 0 Å². The Morgan fingerprint density at radius 2 is 1.80 bits per heavy atom. The molecule has 0 fully saturated rings. The third-order valence-corrected chi connectivity index (χ3v) is 1.71. The fourth-order valence-electron chi connectivity index (χ4n) is 1.05. The van der Waals surface area contributed by atoms with Gasteiger partial charge in [0.25, 0.3) is 0 Å². The van der Waals surface area contributed by atoms with E-state index >= 15 is 0 Å². The Labute approximate surface area is 89.8 Å². The predicted octanol–water partition coefficient (Wildman–Crippen LogP) is 2.40. The molecule has 2 N–H and O–H groups in total. The molecular weight excluding hydrogens is 190 g/mol. The highest BCUT2D eigenvalue weighted by atomic mass is 16.5. The van der Waals surface area contributed by atoms with Crippen LogP contribution in [0.25, 0.3) is 0 Å². The van der Waals surface area contributed by atoms with E-state index in [2.05, 4.69) is 13.2 Å². The molecule has 0 unspecified atom stereocenters. The first kappa shape index (κ1) is 11.2. The number of ether oxygens (including phenoxy) is 2. The molecular formula is C12H15NO2. The zero-order valence-electron chi connectivity index (χ0n) is 8.61. The van der Waals surface area contributed by atoms with E-state index in [0.29, 0.717) is 30.4 Å². The monoisotopic (exact) mass is 205 g/mol. The van der Waals surface area contributed by atoms with Crippen molar-refractivity contribution in [2.45, 2.75) is 0 Å². The maximum atomic E-state index is 5.77. The van der Waals surface area contributed by atoms with Gasteiger partial charge in [0.15, 0.2) is 0 Å². The summed E-state index contributed by atoms with van der Waals surface area (Å²) in [5.74, 6) is 1.35. The SMILES string of the molecule is C=CCOc1ccc(OCC=C)c(N)c1. The van der Waals surface area contributed by atoms with E-state index < -0.39 is 0 Å². The van der Waals surface area contributed by atoms with Gasteiger partial charge in [-0.15, -0.1) is 0 Å². The number of benzene rings is 1. The Balaban J connectivity index is 2.69. The topological polar surface area (TPSA) is 44.5 Å². The van der Waals surface area contributed by atoms with Crippen molar-refractivity contribution in [3.05, 3.63) is 43.5 Å². The van der Waals surface area contributed by atoms with E-state index in [4.69, 9.17) is 15.2 Å². The molecule has 0 aliphatic carbocycles. The standard InChI is InChI=1S/C12H15NO2/c1-3-7-14-10-5-6-12(11(13)9-10)15-8-4-2/h3-6,9H,1-2,7-8,13H2. The summed E-state index contributed by atoms with van der Waals surface area (Å²) < 4.78 is 10.6. The summed E-state index contributed by atoms with van der Waals surface area (Å²) in [5, 5.41) is 0. The largest absolute Gasteiger partial charge is 0.489 e. The van der Waals surface area contributed by atoms with Gasteiger partial charge in [0.05, 0.1) is 5.69 Å². The minimum Gasteiger partial charge on any atom is -0.489 e. The van der Waals surface area contributed by atoms with Crippen LogP contribution in [0.4, 0.5) is 5.69 Å². The highest BCUT2D eigenvalue weighted by molar-refractivity contribution is 5.56. The van der Waals surface area contributed by atoms with Crippen LogP contribution in [0.15, 0.2) is 43.5 Å². The molecule has 0 aliphatic rings. The molecule has 0 heterocycles. The summed E-state index contributed by atoms with van der Waals surface area (Å²) >= 11 is 0. The van der Waals surface area contributed by atoms with Crippen molar-refractivity contribution in [3.8, 4) is 11.5 Å². The number of nitrogen functional groups attached to an aromatic ring is 1. The molecule has 1 rings (SSSR count). The van der Waals surface area contributed by atoms with Crippen LogP contribution in [0.1, 0.15) is 0 Å². The van der Waals surface area contributed by atoms with Gasteiger partial charge in [-0.1, -0.05) is 25.3 Å². The van der Waals surface area contributed by atoms with Gasteiger partial charge in [-0.2, -0.15) is 0 Å². The van der Waals surface area contributed by atoms with Crippen LogP contribution >= 0.6 is 0 Å². The van der Waals surface area contributed by atoms with Crippen LogP contribution in [-0.2, 0) is 0 Å². The maximum Gasteiger partial charge on any atom is 0.142 e. The normalized spacial score (nSPS) is 9.33. The van der Waals surface area contributed by atoms with Gasteiger partial charge in [0, 0.05) is 6.07 Å². The average molecular weight is 205 g/mol. The minimum atomic E-state index is 0.442. The van der Waals surface area contributed by atoms with Crippen molar-refractivity contribution in [2.75, 3.05) is 18.9 Å². The fraction of sp³-hybridized carbons (Fsp3) is 0.167. The van der Waals surface area contributed by atoms with Crippen molar-refractivity contribution in [2.24, 2.45) is 0 Å². The quantitative estimate of drug-likeness (QED) is 0.573. The zero-order chi connectivity index (χ0) is 11.1. The van der Waals surface area contributed by atoms with Crippen LogP contribution in [0.5, 0.6) is 11.5 Å². The average Bonchev–Trinajstić information content (AvgIpc) is 2.25.